The number of aromatic nitrogens is 1. The Morgan fingerprint density at radius 2 is 1.72 bits per heavy atom. The van der Waals surface area contributed by atoms with Gasteiger partial charge < -0.3 is 5.11 Å². The number of aliphatic hydroxyl groups is 1. The summed E-state index contributed by atoms with van der Waals surface area (Å²) in [5.74, 6) is 0.327. The minimum absolute atomic E-state index is 0.327. The molecule has 4 rings (SSSR count). The average Bonchev–Trinajstić information content (AvgIpc) is 2.77. The predicted molar refractivity (Wildman–Crippen MR) is 136 cm³/mol. The van der Waals surface area contributed by atoms with Crippen molar-refractivity contribution in [1.82, 2.24) is 4.98 Å². The van der Waals surface area contributed by atoms with Crippen molar-refractivity contribution in [3.05, 3.63) is 112 Å². The number of pyridine rings is 1. The van der Waals surface area contributed by atoms with Crippen LogP contribution in [0.3, 0.4) is 0 Å². The van der Waals surface area contributed by atoms with Gasteiger partial charge in [0.15, 0.2) is 0 Å². The van der Waals surface area contributed by atoms with Crippen LogP contribution >= 0.6 is 11.6 Å². The first-order chi connectivity index (χ1) is 15.3. The Kier molecular flexibility index (Phi) is 6.45. The van der Waals surface area contributed by atoms with E-state index in [9.17, 15) is 5.11 Å². The molecule has 32 heavy (non-hydrogen) atoms. The molecule has 4 aromatic rings. The molecule has 0 aliphatic carbocycles. The maximum Gasteiger partial charge on any atom is 0.0843 e. The van der Waals surface area contributed by atoms with Crippen LogP contribution in [-0.4, -0.2) is 10.1 Å². The van der Waals surface area contributed by atoms with E-state index in [4.69, 9.17) is 16.6 Å². The molecule has 0 aliphatic rings. The fourth-order valence-corrected chi connectivity index (χ4v) is 4.26. The highest BCUT2D eigenvalue weighted by atomic mass is 35.5. The zero-order valence-corrected chi connectivity index (χ0v) is 19.5. The molecule has 0 fully saturated rings. The number of nitrogens with zero attached hydrogens (tertiary/aromatic N) is 1. The van der Waals surface area contributed by atoms with Gasteiger partial charge in [0.05, 0.1) is 16.8 Å². The maximum atomic E-state index is 10.5. The molecule has 0 aliphatic heterocycles. The first-order valence-corrected chi connectivity index (χ1v) is 11.3. The molecule has 0 saturated carbocycles. The lowest BCUT2D eigenvalue weighted by molar-refractivity contribution is 0.0775. The Morgan fingerprint density at radius 1 is 0.938 bits per heavy atom. The number of halogens is 1. The largest absolute Gasteiger partial charge is 0.386 e. The zero-order chi connectivity index (χ0) is 22.7. The van der Waals surface area contributed by atoms with Gasteiger partial charge in [-0.2, -0.15) is 0 Å². The maximum absolute atomic E-state index is 10.5. The zero-order valence-electron chi connectivity index (χ0n) is 18.7. The van der Waals surface area contributed by atoms with Gasteiger partial charge in [-0.25, -0.2) is 4.98 Å². The number of rotatable bonds is 6. The van der Waals surface area contributed by atoms with Crippen LogP contribution in [0.25, 0.3) is 23.1 Å². The molecule has 0 saturated heterocycles. The summed E-state index contributed by atoms with van der Waals surface area (Å²) in [6.45, 7) is 5.92. The Hall–Kier alpha value is -2.94. The van der Waals surface area contributed by atoms with E-state index in [1.807, 2.05) is 62.4 Å². The number of benzene rings is 3. The molecular formula is C29H28ClNO. The molecule has 0 radical (unpaired) electrons. The summed E-state index contributed by atoms with van der Waals surface area (Å²) in [6, 6.07) is 26.6. The smallest absolute Gasteiger partial charge is 0.0843 e. The van der Waals surface area contributed by atoms with Crippen molar-refractivity contribution >= 4 is 34.7 Å². The second-order valence-electron chi connectivity index (χ2n) is 8.90. The minimum atomic E-state index is -0.849. The minimum Gasteiger partial charge on any atom is -0.386 e. The van der Waals surface area contributed by atoms with Crippen LogP contribution in [0.15, 0.2) is 78.9 Å². The first kappa shape index (κ1) is 22.3. The summed E-state index contributed by atoms with van der Waals surface area (Å²) in [4.78, 5) is 4.70. The van der Waals surface area contributed by atoms with E-state index < -0.39 is 5.60 Å². The van der Waals surface area contributed by atoms with E-state index >= 15 is 0 Å². The molecular weight excluding hydrogens is 414 g/mol. The standard InChI is InChI=1S/C29H28ClNO/c1-20(17-24-8-4-5-10-27(24)29(2,3)32)23-9-6-7-21(18-23)11-15-26-16-13-22-12-14-25(30)19-28(22)31-26/h4-16,18-20,32H,17H2,1-3H3/t20-/m1/s1. The van der Waals surface area contributed by atoms with Crippen molar-refractivity contribution in [2.75, 3.05) is 0 Å². The van der Waals surface area contributed by atoms with Crippen molar-refractivity contribution in [2.24, 2.45) is 0 Å². The van der Waals surface area contributed by atoms with Gasteiger partial charge in [-0.3, -0.25) is 0 Å². The highest BCUT2D eigenvalue weighted by Crippen LogP contribution is 2.29. The van der Waals surface area contributed by atoms with Gasteiger partial charge in [-0.05, 0) is 72.7 Å². The average molecular weight is 442 g/mol. The number of fused-ring (bicyclic) bond motifs is 1. The van der Waals surface area contributed by atoms with E-state index in [0.717, 1.165) is 34.1 Å². The van der Waals surface area contributed by atoms with Crippen molar-refractivity contribution in [1.29, 1.82) is 0 Å². The van der Waals surface area contributed by atoms with Gasteiger partial charge in [-0.1, -0.05) is 85.3 Å². The van der Waals surface area contributed by atoms with Crippen LogP contribution in [0.5, 0.6) is 0 Å². The molecule has 3 aromatic carbocycles. The predicted octanol–water partition coefficient (Wildman–Crippen LogP) is 7.63. The lowest BCUT2D eigenvalue weighted by atomic mass is 9.86. The summed E-state index contributed by atoms with van der Waals surface area (Å²) in [7, 11) is 0. The lowest BCUT2D eigenvalue weighted by Crippen LogP contribution is -2.18. The van der Waals surface area contributed by atoms with Crippen LogP contribution in [0.1, 0.15) is 54.6 Å². The second kappa shape index (κ2) is 9.28. The highest BCUT2D eigenvalue weighted by Gasteiger charge is 2.20. The van der Waals surface area contributed by atoms with Crippen LogP contribution in [-0.2, 0) is 12.0 Å². The Labute approximate surface area is 195 Å². The van der Waals surface area contributed by atoms with Crippen LogP contribution in [0.4, 0.5) is 0 Å². The monoisotopic (exact) mass is 441 g/mol. The second-order valence-corrected chi connectivity index (χ2v) is 9.33. The lowest BCUT2D eigenvalue weighted by Gasteiger charge is -2.23. The van der Waals surface area contributed by atoms with Gasteiger partial charge in [0, 0.05) is 10.4 Å². The molecule has 0 amide bonds. The molecule has 0 spiro atoms. The third kappa shape index (κ3) is 5.27. The Balaban J connectivity index is 1.54. The molecule has 2 nitrogen and oxygen atoms in total. The van der Waals surface area contributed by atoms with Crippen LogP contribution in [0.2, 0.25) is 5.02 Å². The molecule has 0 unspecified atom stereocenters. The van der Waals surface area contributed by atoms with Crippen LogP contribution in [0, 0.1) is 0 Å². The summed E-state index contributed by atoms with van der Waals surface area (Å²) in [5, 5.41) is 12.3. The molecule has 1 aromatic heterocycles. The fraction of sp³-hybridized carbons (Fsp3) is 0.207. The van der Waals surface area contributed by atoms with Gasteiger partial charge in [0.2, 0.25) is 0 Å². The fourth-order valence-electron chi connectivity index (χ4n) is 4.09. The van der Waals surface area contributed by atoms with Gasteiger partial charge in [0.1, 0.15) is 0 Å². The first-order valence-electron chi connectivity index (χ1n) is 10.9. The van der Waals surface area contributed by atoms with E-state index in [1.54, 1.807) is 0 Å². The normalized spacial score (nSPS) is 13.0. The number of hydrogen-bond acceptors (Lipinski definition) is 2. The molecule has 162 valence electrons. The van der Waals surface area contributed by atoms with E-state index in [1.165, 1.54) is 11.1 Å². The summed E-state index contributed by atoms with van der Waals surface area (Å²) >= 11 is 6.11. The molecule has 1 heterocycles. The summed E-state index contributed by atoms with van der Waals surface area (Å²) in [6.07, 6.45) is 5.01. The molecule has 1 N–H and O–H groups in total. The Morgan fingerprint density at radius 3 is 2.53 bits per heavy atom. The van der Waals surface area contributed by atoms with Crippen molar-refractivity contribution in [3.8, 4) is 0 Å². The van der Waals surface area contributed by atoms with Gasteiger partial charge in [-0.15, -0.1) is 0 Å². The third-order valence-electron chi connectivity index (χ3n) is 5.80. The highest BCUT2D eigenvalue weighted by molar-refractivity contribution is 6.31. The molecule has 3 heteroatoms. The molecule has 1 atom stereocenters. The van der Waals surface area contributed by atoms with Crippen LogP contribution < -0.4 is 0 Å². The van der Waals surface area contributed by atoms with Crippen molar-refractivity contribution in [3.63, 3.8) is 0 Å². The molecule has 0 bridgehead atoms. The SMILES string of the molecule is C[C@H](Cc1ccccc1C(C)(C)O)c1cccc(C=Cc2ccc3ccc(Cl)cc3n2)c1. The summed E-state index contributed by atoms with van der Waals surface area (Å²) in [5.41, 5.74) is 5.54. The van der Waals surface area contributed by atoms with Gasteiger partial charge >= 0.3 is 0 Å². The number of hydrogen-bond donors (Lipinski definition) is 1. The quantitative estimate of drug-likeness (QED) is 0.333. The van der Waals surface area contributed by atoms with E-state index in [2.05, 4.69) is 49.4 Å². The Bertz CT molecular complexity index is 1270. The van der Waals surface area contributed by atoms with Crippen molar-refractivity contribution < 1.29 is 5.11 Å². The summed E-state index contributed by atoms with van der Waals surface area (Å²) < 4.78 is 0. The third-order valence-corrected chi connectivity index (χ3v) is 6.04. The van der Waals surface area contributed by atoms with Crippen molar-refractivity contribution in [2.45, 2.75) is 38.7 Å². The topological polar surface area (TPSA) is 33.1 Å². The van der Waals surface area contributed by atoms with E-state index in [-0.39, 0.29) is 0 Å². The van der Waals surface area contributed by atoms with E-state index in [0.29, 0.717) is 10.9 Å². The van der Waals surface area contributed by atoms with Gasteiger partial charge in [0.25, 0.3) is 0 Å².